The highest BCUT2D eigenvalue weighted by atomic mass is 15.1. The predicted molar refractivity (Wildman–Crippen MR) is 40.6 cm³/mol. The molecule has 1 aromatic rings. The van der Waals surface area contributed by atoms with E-state index < -0.39 is 0 Å². The molecule has 3 heteroatoms. The Morgan fingerprint density at radius 3 is 3.00 bits per heavy atom. The topological polar surface area (TPSA) is 29.9 Å². The molecule has 56 valence electrons. The molecule has 0 aliphatic rings. The Morgan fingerprint density at radius 1 is 1.70 bits per heavy atom. The lowest BCUT2D eigenvalue weighted by molar-refractivity contribution is 0.661. The minimum Gasteiger partial charge on any atom is -0.337 e. The van der Waals surface area contributed by atoms with E-state index in [4.69, 9.17) is 0 Å². The van der Waals surface area contributed by atoms with E-state index in [2.05, 4.69) is 17.2 Å². The monoisotopic (exact) mass is 139 g/mol. The lowest BCUT2D eigenvalue weighted by Crippen LogP contribution is -2.14. The Labute approximate surface area is 61.1 Å². The van der Waals surface area contributed by atoms with E-state index in [1.807, 2.05) is 24.0 Å². The van der Waals surface area contributed by atoms with Gasteiger partial charge in [0.1, 0.15) is 5.82 Å². The number of nitrogens with zero attached hydrogens (tertiary/aromatic N) is 2. The van der Waals surface area contributed by atoms with E-state index in [9.17, 15) is 0 Å². The molecule has 3 nitrogen and oxygen atoms in total. The molecule has 1 heterocycles. The summed E-state index contributed by atoms with van der Waals surface area (Å²) in [6, 6.07) is 0. The van der Waals surface area contributed by atoms with E-state index in [0.717, 1.165) is 18.9 Å². The van der Waals surface area contributed by atoms with Gasteiger partial charge in [0.15, 0.2) is 0 Å². The van der Waals surface area contributed by atoms with Crippen molar-refractivity contribution < 1.29 is 0 Å². The molecule has 0 saturated heterocycles. The van der Waals surface area contributed by atoms with Gasteiger partial charge in [-0.15, -0.1) is 0 Å². The largest absolute Gasteiger partial charge is 0.337 e. The number of hydrogen-bond donors (Lipinski definition) is 1. The maximum absolute atomic E-state index is 4.15. The second kappa shape index (κ2) is 3.37. The Bertz CT molecular complexity index is 192. The number of hydrogen-bond acceptors (Lipinski definition) is 2. The highest BCUT2D eigenvalue weighted by molar-refractivity contribution is 4.89. The summed E-state index contributed by atoms with van der Waals surface area (Å²) in [4.78, 5) is 4.15. The van der Waals surface area contributed by atoms with Gasteiger partial charge < -0.3 is 9.88 Å². The molecule has 0 radical (unpaired) electrons. The lowest BCUT2D eigenvalue weighted by atomic mass is 10.5. The van der Waals surface area contributed by atoms with Gasteiger partial charge in [-0.1, -0.05) is 6.92 Å². The molecule has 1 rings (SSSR count). The quantitative estimate of drug-likeness (QED) is 0.662. The van der Waals surface area contributed by atoms with Gasteiger partial charge in [0, 0.05) is 19.4 Å². The van der Waals surface area contributed by atoms with Crippen LogP contribution in [0.3, 0.4) is 0 Å². The van der Waals surface area contributed by atoms with E-state index in [-0.39, 0.29) is 0 Å². The highest BCUT2D eigenvalue weighted by Gasteiger charge is 1.94. The molecule has 0 amide bonds. The van der Waals surface area contributed by atoms with Crippen LogP contribution in [0, 0.1) is 0 Å². The minimum atomic E-state index is 0.861. The molecule has 0 aromatic carbocycles. The van der Waals surface area contributed by atoms with Gasteiger partial charge in [-0.05, 0) is 6.54 Å². The van der Waals surface area contributed by atoms with Crippen LogP contribution in [-0.4, -0.2) is 16.1 Å². The van der Waals surface area contributed by atoms with E-state index in [1.54, 1.807) is 0 Å². The predicted octanol–water partition coefficient (Wildman–Crippen LogP) is 0.530. The summed E-state index contributed by atoms with van der Waals surface area (Å²) >= 11 is 0. The number of aryl methyl sites for hydroxylation is 1. The van der Waals surface area contributed by atoms with Gasteiger partial charge in [-0.25, -0.2) is 4.98 Å². The fourth-order valence-corrected chi connectivity index (χ4v) is 0.804. The maximum Gasteiger partial charge on any atom is 0.122 e. The van der Waals surface area contributed by atoms with Crippen LogP contribution in [0.25, 0.3) is 0 Å². The Kier molecular flexibility index (Phi) is 2.45. The van der Waals surface area contributed by atoms with Crippen LogP contribution in [0.1, 0.15) is 12.7 Å². The smallest absolute Gasteiger partial charge is 0.122 e. The summed E-state index contributed by atoms with van der Waals surface area (Å²) in [5.41, 5.74) is 0. The summed E-state index contributed by atoms with van der Waals surface area (Å²) in [7, 11) is 2.00. The van der Waals surface area contributed by atoms with Crippen LogP contribution in [0.15, 0.2) is 12.4 Å². The first kappa shape index (κ1) is 7.28. The molecular weight excluding hydrogens is 126 g/mol. The van der Waals surface area contributed by atoms with Gasteiger partial charge in [0.05, 0.1) is 6.54 Å². The third-order valence-electron chi connectivity index (χ3n) is 1.45. The van der Waals surface area contributed by atoms with Crippen molar-refractivity contribution in [2.45, 2.75) is 13.5 Å². The van der Waals surface area contributed by atoms with Crippen LogP contribution in [0.5, 0.6) is 0 Å². The van der Waals surface area contributed by atoms with Crippen LogP contribution < -0.4 is 5.32 Å². The lowest BCUT2D eigenvalue weighted by Gasteiger charge is -2.00. The number of nitrogens with one attached hydrogen (secondary N) is 1. The van der Waals surface area contributed by atoms with Gasteiger partial charge in [0.2, 0.25) is 0 Å². The molecule has 0 atom stereocenters. The Morgan fingerprint density at radius 2 is 2.50 bits per heavy atom. The van der Waals surface area contributed by atoms with Crippen molar-refractivity contribution in [3.05, 3.63) is 18.2 Å². The van der Waals surface area contributed by atoms with Crippen molar-refractivity contribution >= 4 is 0 Å². The maximum atomic E-state index is 4.15. The van der Waals surface area contributed by atoms with Gasteiger partial charge in [-0.3, -0.25) is 0 Å². The molecule has 1 aromatic heterocycles. The fourth-order valence-electron chi connectivity index (χ4n) is 0.804. The summed E-state index contributed by atoms with van der Waals surface area (Å²) in [5, 5.41) is 3.21. The van der Waals surface area contributed by atoms with Crippen molar-refractivity contribution in [1.29, 1.82) is 0 Å². The standard InChI is InChI=1S/C7H13N3/c1-3-8-6-7-9-4-5-10(7)2/h4-5,8H,3,6H2,1-2H3. The zero-order valence-corrected chi connectivity index (χ0v) is 6.46. The van der Waals surface area contributed by atoms with E-state index >= 15 is 0 Å². The third-order valence-corrected chi connectivity index (χ3v) is 1.45. The molecule has 0 aliphatic carbocycles. The first-order valence-corrected chi connectivity index (χ1v) is 3.51. The molecule has 1 N–H and O–H groups in total. The van der Waals surface area contributed by atoms with Gasteiger partial charge in [0.25, 0.3) is 0 Å². The normalized spacial score (nSPS) is 10.2. The van der Waals surface area contributed by atoms with Crippen molar-refractivity contribution in [2.75, 3.05) is 6.54 Å². The molecule has 10 heavy (non-hydrogen) atoms. The third kappa shape index (κ3) is 1.57. The van der Waals surface area contributed by atoms with Crippen molar-refractivity contribution in [3.8, 4) is 0 Å². The van der Waals surface area contributed by atoms with Crippen LogP contribution in [0.4, 0.5) is 0 Å². The van der Waals surface area contributed by atoms with Crippen LogP contribution in [-0.2, 0) is 13.6 Å². The molecule has 0 fully saturated rings. The average Bonchev–Trinajstić information content (AvgIpc) is 2.31. The SMILES string of the molecule is CCNCc1nccn1C. The average molecular weight is 139 g/mol. The summed E-state index contributed by atoms with van der Waals surface area (Å²) < 4.78 is 2.02. The molecular formula is C7H13N3. The molecule has 0 spiro atoms. The van der Waals surface area contributed by atoms with E-state index in [0.29, 0.717) is 0 Å². The van der Waals surface area contributed by atoms with Crippen LogP contribution >= 0.6 is 0 Å². The van der Waals surface area contributed by atoms with Crippen molar-refractivity contribution in [1.82, 2.24) is 14.9 Å². The first-order chi connectivity index (χ1) is 4.84. The molecule has 0 saturated carbocycles. The number of rotatable bonds is 3. The summed E-state index contributed by atoms with van der Waals surface area (Å²) in [5.74, 6) is 1.09. The summed E-state index contributed by atoms with van der Waals surface area (Å²) in [6.45, 7) is 3.94. The zero-order chi connectivity index (χ0) is 7.40. The highest BCUT2D eigenvalue weighted by Crippen LogP contribution is 1.91. The van der Waals surface area contributed by atoms with E-state index in [1.165, 1.54) is 0 Å². The van der Waals surface area contributed by atoms with Gasteiger partial charge >= 0.3 is 0 Å². The second-order valence-electron chi connectivity index (χ2n) is 2.23. The number of aromatic nitrogens is 2. The van der Waals surface area contributed by atoms with Gasteiger partial charge in [-0.2, -0.15) is 0 Å². The van der Waals surface area contributed by atoms with Crippen LogP contribution in [0.2, 0.25) is 0 Å². The molecule has 0 unspecified atom stereocenters. The Hall–Kier alpha value is -0.830. The van der Waals surface area contributed by atoms with Crippen molar-refractivity contribution in [2.24, 2.45) is 7.05 Å². The summed E-state index contributed by atoms with van der Waals surface area (Å²) in [6.07, 6.45) is 3.76. The fraction of sp³-hybridized carbons (Fsp3) is 0.571. The molecule has 0 aliphatic heterocycles. The first-order valence-electron chi connectivity index (χ1n) is 3.51. The minimum absolute atomic E-state index is 0.861. The zero-order valence-electron chi connectivity index (χ0n) is 6.46. The second-order valence-corrected chi connectivity index (χ2v) is 2.23. The molecule has 0 bridgehead atoms. The number of imidazole rings is 1. The Balaban J connectivity index is 2.49. The van der Waals surface area contributed by atoms with Crippen molar-refractivity contribution in [3.63, 3.8) is 0 Å².